The van der Waals surface area contributed by atoms with Gasteiger partial charge in [0.15, 0.2) is 5.75 Å². The number of carbonyl (C=O) groups excluding carboxylic acids is 2. The number of nitrogens with one attached hydrogen (secondary N) is 4. The minimum Gasteiger partial charge on any atom is -0.497 e. The number of anilines is 4. The zero-order chi connectivity index (χ0) is 40.9. The molecule has 0 radical (unpaired) electrons. The van der Waals surface area contributed by atoms with Crippen LogP contribution in [0.1, 0.15) is 58.3 Å². The predicted molar refractivity (Wildman–Crippen MR) is 232 cm³/mol. The van der Waals surface area contributed by atoms with Gasteiger partial charge in [0.2, 0.25) is 16.0 Å². The molecule has 0 unspecified atom stereocenters. The number of methoxy groups -OCH3 is 2. The molecule has 2 heterocycles. The van der Waals surface area contributed by atoms with E-state index >= 15 is 0 Å². The van der Waals surface area contributed by atoms with Crippen LogP contribution >= 0.6 is 0 Å². The van der Waals surface area contributed by atoms with Gasteiger partial charge in [-0.05, 0) is 83.1 Å². The van der Waals surface area contributed by atoms with Crippen molar-refractivity contribution >= 4 is 55.8 Å². The maximum Gasteiger partial charge on any atom is 0.255 e. The highest BCUT2D eigenvalue weighted by Gasteiger charge is 2.23. The molecule has 0 atom stereocenters. The van der Waals surface area contributed by atoms with Gasteiger partial charge in [0.25, 0.3) is 11.8 Å². The third-order valence-corrected chi connectivity index (χ3v) is 10.2. The second-order valence-electron chi connectivity index (χ2n) is 15.0. The average Bonchev–Trinajstić information content (AvgIpc) is 3.17. The van der Waals surface area contributed by atoms with E-state index in [0.29, 0.717) is 59.5 Å². The molecule has 1 aliphatic rings. The van der Waals surface area contributed by atoms with E-state index in [0.717, 1.165) is 53.5 Å². The van der Waals surface area contributed by atoms with Crippen molar-refractivity contribution in [1.29, 1.82) is 0 Å². The Hall–Kier alpha value is -5.77. The molecule has 0 saturated carbocycles. The van der Waals surface area contributed by atoms with E-state index in [-0.39, 0.29) is 28.5 Å². The van der Waals surface area contributed by atoms with E-state index in [9.17, 15) is 18.0 Å². The number of ether oxygens (including phenoxy) is 3. The average molecular weight is 804 g/mol. The molecule has 1 saturated heterocycles. The summed E-state index contributed by atoms with van der Waals surface area (Å²) in [5.74, 6) is 0.459. The summed E-state index contributed by atoms with van der Waals surface area (Å²) < 4.78 is 43.4. The molecule has 5 aromatic rings. The smallest absolute Gasteiger partial charge is 0.255 e. The Morgan fingerprint density at radius 1 is 0.912 bits per heavy atom. The Kier molecular flexibility index (Phi) is 12.3. The molecule has 1 fully saturated rings. The number of hydrogen-bond acceptors (Lipinski definition) is 11. The van der Waals surface area contributed by atoms with Gasteiger partial charge in [-0.1, -0.05) is 32.9 Å². The molecule has 0 bridgehead atoms. The summed E-state index contributed by atoms with van der Waals surface area (Å²) in [7, 11) is -0.661. The molecule has 0 spiro atoms. The Morgan fingerprint density at radius 2 is 1.67 bits per heavy atom. The highest BCUT2D eigenvalue weighted by molar-refractivity contribution is 7.92. The molecule has 15 heteroatoms. The largest absolute Gasteiger partial charge is 0.497 e. The fourth-order valence-electron chi connectivity index (χ4n) is 6.48. The Bertz CT molecular complexity index is 2430. The standard InChI is InChI=1S/C42H49N7O7S.4H2/c1-26-8-9-28(40(51)46-36-22-31(42(2,3)4)23-37(38(36)55-6)48-57(7,52)53)21-34(26)27-10-11-35-30(18-27)25-44-41(47-35)45-32-19-29(20-33(24-32)54-5)39(50)43-12-13-49-14-16-56-17-15-49;;;;/h8-11,18-25,48H,12-17H2,1-7H3,(H,43,50)(H,46,51)(H,44,45,47);4*1H. The van der Waals surface area contributed by atoms with Crippen molar-refractivity contribution in [3.05, 3.63) is 95.2 Å². The summed E-state index contributed by atoms with van der Waals surface area (Å²) in [4.78, 5) is 38.4. The second kappa shape index (κ2) is 17.2. The van der Waals surface area contributed by atoms with Crippen LogP contribution in [0.25, 0.3) is 22.0 Å². The van der Waals surface area contributed by atoms with Crippen LogP contribution in [0.2, 0.25) is 0 Å². The van der Waals surface area contributed by atoms with Gasteiger partial charge in [-0.15, -0.1) is 0 Å². The van der Waals surface area contributed by atoms with Gasteiger partial charge in [-0.3, -0.25) is 19.2 Å². The second-order valence-corrected chi connectivity index (χ2v) is 16.7. The van der Waals surface area contributed by atoms with Crippen LogP contribution in [0.15, 0.2) is 72.9 Å². The van der Waals surface area contributed by atoms with Gasteiger partial charge in [-0.2, -0.15) is 0 Å². The van der Waals surface area contributed by atoms with Crippen molar-refractivity contribution < 1.29 is 37.9 Å². The first-order valence-electron chi connectivity index (χ1n) is 18.5. The Labute approximate surface area is 339 Å². The van der Waals surface area contributed by atoms with E-state index in [4.69, 9.17) is 19.2 Å². The Morgan fingerprint density at radius 3 is 2.37 bits per heavy atom. The van der Waals surface area contributed by atoms with Crippen LogP contribution in [0.3, 0.4) is 0 Å². The van der Waals surface area contributed by atoms with Crippen LogP contribution in [-0.2, 0) is 20.2 Å². The van der Waals surface area contributed by atoms with Gasteiger partial charge in [-0.25, -0.2) is 18.4 Å². The highest BCUT2D eigenvalue weighted by Crippen LogP contribution is 2.39. The summed E-state index contributed by atoms with van der Waals surface area (Å²) in [5.41, 5.74) is 5.81. The lowest BCUT2D eigenvalue weighted by Gasteiger charge is -2.26. The first-order chi connectivity index (χ1) is 27.1. The van der Waals surface area contributed by atoms with Gasteiger partial charge in [0.05, 0.1) is 50.6 Å². The number of amides is 2. The zero-order valence-corrected chi connectivity index (χ0v) is 34.1. The fourth-order valence-corrected chi connectivity index (χ4v) is 7.03. The van der Waals surface area contributed by atoms with Crippen molar-refractivity contribution in [1.82, 2.24) is 20.2 Å². The lowest BCUT2D eigenvalue weighted by molar-refractivity contribution is 0.0383. The lowest BCUT2D eigenvalue weighted by Crippen LogP contribution is -2.41. The van der Waals surface area contributed by atoms with E-state index < -0.39 is 15.9 Å². The molecule has 14 nitrogen and oxygen atoms in total. The summed E-state index contributed by atoms with van der Waals surface area (Å²) in [6.45, 7) is 12.3. The van der Waals surface area contributed by atoms with Crippen LogP contribution in [-0.4, -0.2) is 95.0 Å². The topological polar surface area (TPSA) is 173 Å². The first kappa shape index (κ1) is 40.9. The maximum absolute atomic E-state index is 13.8. The number of aryl methyl sites for hydroxylation is 1. The van der Waals surface area contributed by atoms with Crippen molar-refractivity contribution in [2.75, 3.05) is 75.2 Å². The van der Waals surface area contributed by atoms with Crippen LogP contribution in [0.4, 0.5) is 23.0 Å². The quantitative estimate of drug-likeness (QED) is 0.0939. The van der Waals surface area contributed by atoms with Crippen molar-refractivity contribution in [2.45, 2.75) is 33.1 Å². The predicted octanol–water partition coefficient (Wildman–Crippen LogP) is 7.33. The number of benzene rings is 4. The normalized spacial score (nSPS) is 13.5. The molecule has 308 valence electrons. The number of fused-ring (bicyclic) bond motifs is 1. The molecule has 57 heavy (non-hydrogen) atoms. The third kappa shape index (κ3) is 10.4. The molecule has 4 aromatic carbocycles. The van der Waals surface area contributed by atoms with E-state index in [2.05, 4.69) is 30.6 Å². The molecular weight excluding hydrogens is 747 g/mol. The molecular formula is C42H57N7O7S. The SMILES string of the molecule is COc1cc(Nc2ncc3cc(-c4cc(C(=O)Nc5cc(C(C)(C)C)cc(NS(C)(=O)=O)c5OC)ccc4C)ccc3n2)cc(C(=O)NCCN2CCOCC2)c1.[HH].[HH].[HH].[HH]. The number of carbonyl (C=O) groups is 2. The number of rotatable bonds is 13. The van der Waals surface area contributed by atoms with Crippen molar-refractivity contribution in [3.8, 4) is 22.6 Å². The fraction of sp³-hybridized carbons (Fsp3) is 0.333. The minimum absolute atomic E-state index is 0. The van der Waals surface area contributed by atoms with Gasteiger partial charge in [0, 0.05) is 66.3 Å². The van der Waals surface area contributed by atoms with E-state index in [1.807, 2.05) is 58.0 Å². The highest BCUT2D eigenvalue weighted by atomic mass is 32.2. The van der Waals surface area contributed by atoms with Crippen LogP contribution in [0.5, 0.6) is 11.5 Å². The summed E-state index contributed by atoms with van der Waals surface area (Å²) >= 11 is 0. The van der Waals surface area contributed by atoms with E-state index in [1.54, 1.807) is 49.7 Å². The van der Waals surface area contributed by atoms with Gasteiger partial charge < -0.3 is 30.2 Å². The summed E-state index contributed by atoms with van der Waals surface area (Å²) in [6.07, 6.45) is 2.78. The van der Waals surface area contributed by atoms with Crippen molar-refractivity contribution in [3.63, 3.8) is 0 Å². The lowest BCUT2D eigenvalue weighted by atomic mass is 9.86. The summed E-state index contributed by atoms with van der Waals surface area (Å²) in [6, 6.07) is 19.9. The molecule has 0 aliphatic carbocycles. The van der Waals surface area contributed by atoms with Crippen molar-refractivity contribution in [2.24, 2.45) is 0 Å². The molecule has 4 N–H and O–H groups in total. The molecule has 1 aromatic heterocycles. The number of aromatic nitrogens is 2. The molecule has 2 amide bonds. The minimum atomic E-state index is -3.63. The Balaban J connectivity index is 0.00000320. The van der Waals surface area contributed by atoms with Gasteiger partial charge >= 0.3 is 0 Å². The molecule has 1 aliphatic heterocycles. The molecule has 6 rings (SSSR count). The third-order valence-electron chi connectivity index (χ3n) is 9.57. The number of sulfonamides is 1. The van der Waals surface area contributed by atoms with Gasteiger partial charge in [0.1, 0.15) is 5.75 Å². The van der Waals surface area contributed by atoms with Crippen LogP contribution < -0.4 is 30.1 Å². The number of hydrogen-bond donors (Lipinski definition) is 4. The zero-order valence-electron chi connectivity index (χ0n) is 33.3. The summed E-state index contributed by atoms with van der Waals surface area (Å²) in [5, 5.41) is 9.94. The number of morpholine rings is 1. The first-order valence-corrected chi connectivity index (χ1v) is 20.4. The monoisotopic (exact) mass is 803 g/mol. The maximum atomic E-state index is 13.8. The number of nitrogens with zero attached hydrogens (tertiary/aromatic N) is 3. The van der Waals surface area contributed by atoms with E-state index in [1.165, 1.54) is 7.11 Å². The van der Waals surface area contributed by atoms with Crippen LogP contribution in [0, 0.1) is 6.92 Å².